The Morgan fingerprint density at radius 2 is 1.10 bits per heavy atom. The van der Waals surface area contributed by atoms with E-state index in [1.54, 1.807) is 10.4 Å². The Morgan fingerprint density at radius 3 is 1.48 bits per heavy atom. The van der Waals surface area contributed by atoms with Crippen molar-refractivity contribution in [3.8, 4) is 0 Å². The fraction of sp³-hybridized carbons (Fsp3) is 0.667. The quantitative estimate of drug-likeness (QED) is 0.336. The van der Waals surface area contributed by atoms with Gasteiger partial charge in [0.25, 0.3) is 0 Å². The fourth-order valence-corrected chi connectivity index (χ4v) is 22.5. The third kappa shape index (κ3) is 5.10. The van der Waals surface area contributed by atoms with E-state index in [4.69, 9.17) is 0 Å². The number of allylic oxidation sites excluding steroid dienone is 8. The SMILES string of the molecule is C[Si](C)(C)C1=CC([Si](C)(C)C2C=CC([Si](C)(C)C)=C2[Si](C)(C)C)C([Si](C)(C)C)=C1. The van der Waals surface area contributed by atoms with Crippen LogP contribution in [-0.4, -0.2) is 40.4 Å². The van der Waals surface area contributed by atoms with E-state index in [0.717, 1.165) is 11.1 Å². The average molecular weight is 477 g/mol. The summed E-state index contributed by atoms with van der Waals surface area (Å²) in [4.78, 5) is 0. The van der Waals surface area contributed by atoms with Crippen molar-refractivity contribution in [3.63, 3.8) is 0 Å². The highest BCUT2D eigenvalue weighted by atomic mass is 28.3. The highest BCUT2D eigenvalue weighted by Crippen LogP contribution is 2.54. The summed E-state index contributed by atoms with van der Waals surface area (Å²) in [6, 6.07) is 0. The maximum atomic E-state index is 2.79. The molecule has 0 N–H and O–H groups in total. The smallest absolute Gasteiger partial charge is 0.0771 e. The minimum atomic E-state index is -1.60. The van der Waals surface area contributed by atoms with Gasteiger partial charge in [-0.2, -0.15) is 0 Å². The van der Waals surface area contributed by atoms with Crippen molar-refractivity contribution in [2.45, 2.75) is 103 Å². The molecule has 0 aromatic heterocycles. The van der Waals surface area contributed by atoms with Crippen molar-refractivity contribution in [1.82, 2.24) is 0 Å². The minimum absolute atomic E-state index is 0.734. The average Bonchev–Trinajstić information content (AvgIpc) is 3.10. The van der Waals surface area contributed by atoms with Crippen molar-refractivity contribution in [1.29, 1.82) is 0 Å². The van der Waals surface area contributed by atoms with Crippen LogP contribution in [-0.2, 0) is 0 Å². The van der Waals surface area contributed by atoms with Crippen LogP contribution in [0.25, 0.3) is 0 Å². The molecule has 0 fully saturated rings. The lowest BCUT2D eigenvalue weighted by molar-refractivity contribution is 1.12. The minimum Gasteiger partial charge on any atom is -0.0812 e. The summed E-state index contributed by atoms with van der Waals surface area (Å²) in [5.74, 6) is 0. The first-order valence-corrected chi connectivity index (χ1v) is 28.7. The second kappa shape index (κ2) is 7.57. The lowest BCUT2D eigenvalue weighted by atomic mass is 10.4. The molecule has 2 aliphatic rings. The van der Waals surface area contributed by atoms with E-state index in [2.05, 4.69) is 116 Å². The molecule has 0 heterocycles. The zero-order valence-corrected chi connectivity index (χ0v) is 27.0. The molecule has 0 radical (unpaired) electrons. The van der Waals surface area contributed by atoms with Crippen LogP contribution in [0.5, 0.6) is 0 Å². The summed E-state index contributed by atoms with van der Waals surface area (Å²) in [5, 5.41) is 7.31. The lowest BCUT2D eigenvalue weighted by Crippen LogP contribution is -2.45. The molecule has 0 saturated carbocycles. The monoisotopic (exact) mass is 476 g/mol. The molecule has 2 atom stereocenters. The third-order valence-electron chi connectivity index (χ3n) is 7.00. The molecule has 0 spiro atoms. The van der Waals surface area contributed by atoms with Crippen molar-refractivity contribution in [3.05, 3.63) is 45.1 Å². The van der Waals surface area contributed by atoms with Crippen molar-refractivity contribution < 1.29 is 0 Å². The molecule has 0 aromatic rings. The van der Waals surface area contributed by atoms with E-state index in [-0.39, 0.29) is 0 Å². The lowest BCUT2D eigenvalue weighted by Gasteiger charge is -2.43. The van der Waals surface area contributed by atoms with Gasteiger partial charge < -0.3 is 0 Å². The summed E-state index contributed by atoms with van der Waals surface area (Å²) in [5.41, 5.74) is 1.47. The van der Waals surface area contributed by atoms with E-state index in [1.165, 1.54) is 0 Å². The molecule has 2 unspecified atom stereocenters. The second-order valence-corrected chi connectivity index (χ2v) is 39.3. The molecule has 29 heavy (non-hydrogen) atoms. The molecule has 2 rings (SSSR count). The maximum absolute atomic E-state index is 2.79. The van der Waals surface area contributed by atoms with Gasteiger partial charge in [-0.1, -0.05) is 137 Å². The first-order chi connectivity index (χ1) is 12.7. The number of hydrogen-bond acceptors (Lipinski definition) is 0. The molecular formula is C24H48Si5. The Bertz CT molecular complexity index is 777. The summed E-state index contributed by atoms with van der Waals surface area (Å²) in [6.45, 7) is 36.2. The van der Waals surface area contributed by atoms with Crippen LogP contribution in [0.2, 0.25) is 103 Å². The van der Waals surface area contributed by atoms with Gasteiger partial charge in [0.2, 0.25) is 0 Å². The highest BCUT2D eigenvalue weighted by molar-refractivity contribution is 6.95. The zero-order valence-electron chi connectivity index (χ0n) is 22.0. The molecule has 0 amide bonds. The number of hydrogen-bond donors (Lipinski definition) is 0. The van der Waals surface area contributed by atoms with Gasteiger partial charge in [-0.05, 0) is 11.1 Å². The predicted octanol–water partition coefficient (Wildman–Crippen LogP) is 8.68. The van der Waals surface area contributed by atoms with Crippen LogP contribution in [0.1, 0.15) is 0 Å². The van der Waals surface area contributed by atoms with Crippen molar-refractivity contribution >= 4 is 40.4 Å². The van der Waals surface area contributed by atoms with Gasteiger partial charge in [-0.25, -0.2) is 0 Å². The van der Waals surface area contributed by atoms with E-state index in [0.29, 0.717) is 0 Å². The summed E-state index contributed by atoms with van der Waals surface area (Å²) in [6.07, 6.45) is 10.8. The zero-order chi connectivity index (χ0) is 22.8. The first-order valence-electron chi connectivity index (χ1n) is 11.6. The molecule has 0 aromatic carbocycles. The van der Waals surface area contributed by atoms with Gasteiger partial charge >= 0.3 is 0 Å². The molecule has 2 aliphatic carbocycles. The van der Waals surface area contributed by atoms with E-state index in [9.17, 15) is 0 Å². The first kappa shape index (κ1) is 25.3. The van der Waals surface area contributed by atoms with Gasteiger partial charge in [-0.3, -0.25) is 0 Å². The van der Waals surface area contributed by atoms with Crippen LogP contribution in [0, 0.1) is 0 Å². The standard InChI is InChI=1S/C24H48Si5/c1-25(2,3)19-17-22(27(7,8)9)23(18-19)29(13,14)21-16-15-20(26(4,5)6)24(21)28(10,11)12/h15-18,21,23H,1-14H3. The Kier molecular flexibility index (Phi) is 6.61. The topological polar surface area (TPSA) is 0 Å². The third-order valence-corrected chi connectivity index (χ3v) is 20.5. The van der Waals surface area contributed by atoms with Crippen LogP contribution in [0.15, 0.2) is 45.1 Å². The van der Waals surface area contributed by atoms with Gasteiger partial charge in [0.15, 0.2) is 0 Å². The Hall–Kier alpha value is 0.0444. The Balaban J connectivity index is 2.65. The molecule has 0 aliphatic heterocycles. The molecule has 0 saturated heterocycles. The summed E-state index contributed by atoms with van der Waals surface area (Å²) >= 11 is 0. The van der Waals surface area contributed by atoms with Crippen LogP contribution in [0.3, 0.4) is 0 Å². The van der Waals surface area contributed by atoms with Crippen LogP contribution < -0.4 is 0 Å². The number of rotatable bonds is 6. The molecule has 164 valence electrons. The van der Waals surface area contributed by atoms with Gasteiger partial charge in [0.05, 0.1) is 40.4 Å². The van der Waals surface area contributed by atoms with Crippen molar-refractivity contribution in [2.75, 3.05) is 0 Å². The van der Waals surface area contributed by atoms with Gasteiger partial charge in [-0.15, -0.1) is 0 Å². The van der Waals surface area contributed by atoms with Crippen LogP contribution >= 0.6 is 0 Å². The normalized spacial score (nSPS) is 24.3. The maximum Gasteiger partial charge on any atom is 0.0771 e. The van der Waals surface area contributed by atoms with E-state index >= 15 is 0 Å². The summed E-state index contributed by atoms with van der Waals surface area (Å²) < 4.78 is 0. The Labute approximate surface area is 187 Å². The van der Waals surface area contributed by atoms with Crippen molar-refractivity contribution in [2.24, 2.45) is 0 Å². The predicted molar refractivity (Wildman–Crippen MR) is 151 cm³/mol. The van der Waals surface area contributed by atoms with Gasteiger partial charge in [0, 0.05) is 0 Å². The summed E-state index contributed by atoms with van der Waals surface area (Å²) in [7, 11) is -6.93. The van der Waals surface area contributed by atoms with Gasteiger partial charge in [0.1, 0.15) is 0 Å². The van der Waals surface area contributed by atoms with E-state index in [1.807, 2.05) is 10.4 Å². The van der Waals surface area contributed by atoms with E-state index < -0.39 is 40.4 Å². The largest absolute Gasteiger partial charge is 0.0812 e. The molecule has 0 bridgehead atoms. The second-order valence-electron chi connectivity index (χ2n) is 14.2. The molecular weight excluding hydrogens is 429 g/mol. The van der Waals surface area contributed by atoms with Crippen LogP contribution in [0.4, 0.5) is 0 Å². The fourth-order valence-electron chi connectivity index (χ4n) is 5.22. The highest BCUT2D eigenvalue weighted by Gasteiger charge is 2.49. The Morgan fingerprint density at radius 1 is 0.586 bits per heavy atom. The molecule has 0 nitrogen and oxygen atoms in total. The molecule has 5 heteroatoms.